The van der Waals surface area contributed by atoms with E-state index >= 15 is 0 Å². The minimum absolute atomic E-state index is 0.236. The second-order valence-electron chi connectivity index (χ2n) is 22.8. The van der Waals surface area contributed by atoms with Crippen molar-refractivity contribution in [1.82, 2.24) is 0 Å². The zero-order valence-electron chi connectivity index (χ0n) is 51.2. The molecular weight excluding hydrogens is 1240 g/mol. The van der Waals surface area contributed by atoms with Gasteiger partial charge in [-0.15, -0.1) is 0 Å². The molecule has 15 rings (SSSR count). The molecular formula is C82H48O16. The van der Waals surface area contributed by atoms with Crippen LogP contribution in [0, 0.1) is 0 Å². The van der Waals surface area contributed by atoms with Gasteiger partial charge in [-0.25, -0.2) is 0 Å². The van der Waals surface area contributed by atoms with Crippen LogP contribution in [0.1, 0.15) is 62.1 Å². The SMILES string of the molecule is O=Cc1cc2cc(c1)oc1ccc3ccc(cc3c1)oc1cc(C=O)cc(c1)oc1cc(C=O)cc(c1)oc1ccc3ccc(cc3c1)oc1cc(C=O)cc(c1)oc1ccc3ccc(cc3c1)oc1cc(C=O)cc(c1)oc1ccc3ccc(cc3c1)oc1cc(C=O)cc(c1)o2. The number of hydrogen-bond acceptors (Lipinski definition) is 16. The first-order valence-corrected chi connectivity index (χ1v) is 30.5. The molecule has 1 aromatic heterocycles. The van der Waals surface area contributed by atoms with E-state index in [1.165, 1.54) is 12.1 Å². The second kappa shape index (κ2) is 26.3. The van der Waals surface area contributed by atoms with Crippen molar-refractivity contribution in [1.29, 1.82) is 0 Å². The summed E-state index contributed by atoms with van der Waals surface area (Å²) in [6.07, 6.45) is 4.09. The first-order chi connectivity index (χ1) is 48.0. The minimum Gasteiger partial charge on any atom is -0.457 e. The fourth-order valence-corrected chi connectivity index (χ4v) is 11.4. The molecule has 0 unspecified atom stereocenters. The van der Waals surface area contributed by atoms with E-state index in [0.29, 0.717) is 116 Å². The molecule has 0 radical (unpaired) electrons. The Morgan fingerprint density at radius 3 is 0.378 bits per heavy atom. The van der Waals surface area contributed by atoms with Crippen LogP contribution in [0.4, 0.5) is 0 Å². The first-order valence-electron chi connectivity index (χ1n) is 30.5. The van der Waals surface area contributed by atoms with E-state index in [-0.39, 0.29) is 66.9 Å². The molecule has 0 atom stereocenters. The highest BCUT2D eigenvalue weighted by molar-refractivity contribution is 5.94. The molecule has 24 bridgehead atoms. The topological polar surface area (TPSA) is 234 Å². The molecule has 16 heteroatoms. The maximum absolute atomic E-state index is 12.4. The fourth-order valence-electron chi connectivity index (χ4n) is 11.4. The molecule has 98 heavy (non-hydrogen) atoms. The van der Waals surface area contributed by atoms with E-state index in [1.54, 1.807) is 146 Å². The van der Waals surface area contributed by atoms with Crippen molar-refractivity contribution in [3.05, 3.63) is 288 Å². The van der Waals surface area contributed by atoms with E-state index in [4.69, 9.17) is 44.2 Å². The molecule has 15 aromatic rings. The van der Waals surface area contributed by atoms with Gasteiger partial charge in [0.25, 0.3) is 0 Å². The summed E-state index contributed by atoms with van der Waals surface area (Å²) in [6.45, 7) is 0. The molecule has 0 fully saturated rings. The van der Waals surface area contributed by atoms with Gasteiger partial charge in [-0.3, -0.25) is 28.8 Å². The highest BCUT2D eigenvalue weighted by Crippen LogP contribution is 2.29. The van der Waals surface area contributed by atoms with Crippen molar-refractivity contribution in [2.75, 3.05) is 0 Å². The largest absolute Gasteiger partial charge is 0.457 e. The summed E-state index contributed by atoms with van der Waals surface area (Å²) >= 11 is 0. The van der Waals surface area contributed by atoms with Crippen molar-refractivity contribution in [3.63, 3.8) is 0 Å². The molecule has 0 aliphatic carbocycles. The van der Waals surface area contributed by atoms with Crippen LogP contribution in [0.25, 0.3) is 155 Å². The van der Waals surface area contributed by atoms with Gasteiger partial charge in [0.15, 0.2) is 0 Å². The molecule has 0 aliphatic heterocycles. The Labute approximate surface area is 550 Å². The molecule has 14 aromatic carbocycles. The van der Waals surface area contributed by atoms with Crippen molar-refractivity contribution in [2.45, 2.75) is 0 Å². The molecule has 0 amide bonds. The van der Waals surface area contributed by atoms with Crippen LogP contribution >= 0.6 is 0 Å². The van der Waals surface area contributed by atoms with Gasteiger partial charge in [-0.2, -0.15) is 0 Å². The van der Waals surface area contributed by atoms with Gasteiger partial charge in [0, 0.05) is 69.8 Å². The van der Waals surface area contributed by atoms with Crippen LogP contribution in [-0.4, -0.2) is 37.7 Å². The summed E-state index contributed by atoms with van der Waals surface area (Å²) < 4.78 is 63.6. The van der Waals surface area contributed by atoms with Crippen molar-refractivity contribution >= 4 is 192 Å². The number of rotatable bonds is 6. The van der Waals surface area contributed by atoms with Crippen LogP contribution in [0.2, 0.25) is 0 Å². The Morgan fingerprint density at radius 1 is 0.133 bits per heavy atom. The van der Waals surface area contributed by atoms with Gasteiger partial charge in [0.2, 0.25) is 0 Å². The highest BCUT2D eigenvalue weighted by atomic mass is 16.4. The molecule has 472 valence electrons. The molecule has 0 spiro atoms. The molecule has 0 N–H and O–H groups in total. The lowest BCUT2D eigenvalue weighted by Crippen LogP contribution is -1.81. The number of aldehydes is 6. The average Bonchev–Trinajstić information content (AvgIpc) is 0.836. The molecule has 16 nitrogen and oxygen atoms in total. The Bertz CT molecular complexity index is 6110. The zero-order chi connectivity index (χ0) is 66.6. The van der Waals surface area contributed by atoms with Gasteiger partial charge < -0.3 is 44.2 Å². The lowest BCUT2D eigenvalue weighted by molar-refractivity contribution is 0.111. The Morgan fingerprint density at radius 2 is 0.255 bits per heavy atom. The summed E-state index contributed by atoms with van der Waals surface area (Å²) in [5, 5.41) is 6.51. The number of fused-ring (bicyclic) bond motifs is 20. The van der Waals surface area contributed by atoms with Crippen LogP contribution in [-0.2, 0) is 0 Å². The predicted octanol–water partition coefficient (Wildman–Crippen LogP) is 22.2. The predicted molar refractivity (Wildman–Crippen MR) is 376 cm³/mol. The van der Waals surface area contributed by atoms with E-state index < -0.39 is 0 Å². The van der Waals surface area contributed by atoms with E-state index in [2.05, 4.69) is 0 Å². The molecule has 0 aliphatic rings. The third-order valence-electron chi connectivity index (χ3n) is 15.7. The van der Waals surface area contributed by atoms with Crippen molar-refractivity contribution in [2.24, 2.45) is 0 Å². The highest BCUT2D eigenvalue weighted by Gasteiger charge is 2.08. The van der Waals surface area contributed by atoms with Crippen LogP contribution in [0.15, 0.2) is 299 Å². The molecule has 0 saturated carbocycles. The van der Waals surface area contributed by atoms with Crippen molar-refractivity contribution in [3.8, 4) is 0 Å². The van der Waals surface area contributed by atoms with E-state index in [0.717, 1.165) is 43.1 Å². The summed E-state index contributed by atoms with van der Waals surface area (Å²) in [5.41, 5.74) is 8.66. The van der Waals surface area contributed by atoms with Gasteiger partial charge in [-0.1, -0.05) is 48.5 Å². The summed E-state index contributed by atoms with van der Waals surface area (Å²) in [6, 6.07) is 72.7. The lowest BCUT2D eigenvalue weighted by Gasteiger charge is -2.01. The Balaban J connectivity index is 0.905. The van der Waals surface area contributed by atoms with E-state index in [9.17, 15) is 28.8 Å². The van der Waals surface area contributed by atoms with Gasteiger partial charge in [0.1, 0.15) is 149 Å². The third kappa shape index (κ3) is 13.8. The Hall–Kier alpha value is -13.9. The van der Waals surface area contributed by atoms with Crippen LogP contribution in [0.5, 0.6) is 0 Å². The normalized spacial score (nSPS) is 11.1. The summed E-state index contributed by atoms with van der Waals surface area (Å²) in [5.74, 6) is 0. The van der Waals surface area contributed by atoms with E-state index in [1.807, 2.05) is 97.1 Å². The van der Waals surface area contributed by atoms with Crippen molar-refractivity contribution < 1.29 is 72.9 Å². The number of carbonyl (C=O) groups excluding carboxylic acids is 6. The van der Waals surface area contributed by atoms with Crippen LogP contribution < -0.4 is 0 Å². The van der Waals surface area contributed by atoms with Crippen LogP contribution in [0.3, 0.4) is 0 Å². The third-order valence-corrected chi connectivity index (χ3v) is 15.7. The monoisotopic (exact) mass is 1290 g/mol. The first kappa shape index (κ1) is 60.4. The average molecular weight is 1290 g/mol. The smallest absolute Gasteiger partial charge is 0.150 e. The molecule has 0 saturated heterocycles. The summed E-state index contributed by atoms with van der Waals surface area (Å²) in [7, 11) is 0. The second-order valence-corrected chi connectivity index (χ2v) is 22.8. The van der Waals surface area contributed by atoms with Gasteiger partial charge in [-0.05, 0) is 213 Å². The number of hydrogen-bond donors (Lipinski definition) is 0. The minimum atomic E-state index is 0.236. The Kier molecular flexibility index (Phi) is 16.2. The number of benzene rings is 14. The quantitative estimate of drug-likeness (QED) is 0.141. The summed E-state index contributed by atoms with van der Waals surface area (Å²) in [4.78, 5) is 74.1. The fraction of sp³-hybridized carbons (Fsp3) is 0. The van der Waals surface area contributed by atoms with Gasteiger partial charge >= 0.3 is 0 Å². The standard InChI is InChI=1S/C82H48O16/c83-43-49-17-71-37-73(19-49)91-65-11-3-56-5-13-67(33-60(56)31-65)93-75-21-51(45-85)25-79(39-75)97-81-27-53(47-87)23-77(41-81)95-69-15-7-58-8-16-70(36-62(58)35-69)96-78-24-54(48-88)28-82(42-78)98-80-26-52(46-86)22-76(40-80)94-68-14-6-57-4-12-66(32-61(57)34-68)92-74-20-50(44-84)18-72(38-74)90-64-10-2-55-1-9-63(89-71)29-59(55)30-64/h1-48H. The zero-order valence-corrected chi connectivity index (χ0v) is 51.2. The van der Waals surface area contributed by atoms with Gasteiger partial charge in [0.05, 0.1) is 0 Å². The maximum atomic E-state index is 12.4. The lowest BCUT2D eigenvalue weighted by atomic mass is 10.1. The number of carbonyl (C=O) groups is 6. The molecule has 1 heterocycles. The maximum Gasteiger partial charge on any atom is 0.150 e.